The van der Waals surface area contributed by atoms with Crippen LogP contribution in [0.4, 0.5) is 10.2 Å². The van der Waals surface area contributed by atoms with Crippen LogP contribution in [0, 0.1) is 12.7 Å². The van der Waals surface area contributed by atoms with Crippen molar-refractivity contribution in [2.45, 2.75) is 20.4 Å². The van der Waals surface area contributed by atoms with Crippen LogP contribution in [0.2, 0.25) is 0 Å². The maximum Gasteiger partial charge on any atom is 0.150 e. The van der Waals surface area contributed by atoms with E-state index < -0.39 is 5.82 Å². The number of aryl methyl sites for hydroxylation is 1. The third-order valence-electron chi connectivity index (χ3n) is 2.74. The van der Waals surface area contributed by atoms with Crippen molar-refractivity contribution >= 4 is 18.4 Å². The summed E-state index contributed by atoms with van der Waals surface area (Å²) in [6.07, 6.45) is 1.52. The highest BCUT2D eigenvalue weighted by molar-refractivity contribution is 7.80. The van der Waals surface area contributed by atoms with Crippen molar-refractivity contribution in [1.82, 2.24) is 14.8 Å². The van der Waals surface area contributed by atoms with Crippen molar-refractivity contribution in [2.75, 3.05) is 17.8 Å². The summed E-state index contributed by atoms with van der Waals surface area (Å²) in [6, 6.07) is 3.22. The van der Waals surface area contributed by atoms with Gasteiger partial charge in [0.2, 0.25) is 0 Å². The van der Waals surface area contributed by atoms with Gasteiger partial charge in [0.15, 0.2) is 0 Å². The highest BCUT2D eigenvalue weighted by Crippen LogP contribution is 2.16. The average molecular weight is 296 g/mol. The molecule has 0 unspecified atom stereocenters. The summed E-state index contributed by atoms with van der Waals surface area (Å²) in [5.41, 5.74) is 1.25. The molecule has 2 rings (SSSR count). The van der Waals surface area contributed by atoms with E-state index in [1.54, 1.807) is 4.68 Å². The number of hydrogen-bond acceptors (Lipinski definition) is 5. The number of anilines is 1. The number of thiol groups is 1. The molecular formula is C13H17FN4OS. The van der Waals surface area contributed by atoms with Crippen molar-refractivity contribution in [3.63, 3.8) is 0 Å². The predicted molar refractivity (Wildman–Crippen MR) is 78.9 cm³/mol. The molecule has 0 bridgehead atoms. The van der Waals surface area contributed by atoms with Gasteiger partial charge in [-0.2, -0.15) is 17.7 Å². The lowest BCUT2D eigenvalue weighted by atomic mass is 10.3. The molecule has 0 fully saturated rings. The van der Waals surface area contributed by atoms with Crippen LogP contribution in [0.25, 0.3) is 0 Å². The minimum absolute atomic E-state index is 0.276. The van der Waals surface area contributed by atoms with Gasteiger partial charge < -0.3 is 10.1 Å². The molecule has 0 aromatic carbocycles. The Labute approximate surface area is 122 Å². The molecule has 0 saturated carbocycles. The first-order chi connectivity index (χ1) is 9.63. The Kier molecular flexibility index (Phi) is 4.84. The van der Waals surface area contributed by atoms with Crippen LogP contribution >= 0.6 is 12.6 Å². The molecule has 1 N–H and O–H groups in total. The van der Waals surface area contributed by atoms with Gasteiger partial charge in [-0.05, 0) is 13.8 Å². The Morgan fingerprint density at radius 3 is 2.90 bits per heavy atom. The highest BCUT2D eigenvalue weighted by atomic mass is 32.1. The molecule has 0 saturated heterocycles. The molecule has 20 heavy (non-hydrogen) atoms. The minimum atomic E-state index is -0.394. The van der Waals surface area contributed by atoms with E-state index in [1.165, 1.54) is 12.3 Å². The standard InChI is InChI=1S/C13H17FN4OS/c1-3-19-10-5-11(14)12(15-6-10)7-18-9(2)4-13(17-18)16-8-20/h4-6,20H,3,7-8H2,1-2H3,(H,16,17). The summed E-state index contributed by atoms with van der Waals surface area (Å²) in [4.78, 5) is 4.09. The molecule has 2 aromatic heterocycles. The average Bonchev–Trinajstić information content (AvgIpc) is 2.74. The molecule has 2 aromatic rings. The smallest absolute Gasteiger partial charge is 0.150 e. The first kappa shape index (κ1) is 14.6. The van der Waals surface area contributed by atoms with Crippen LogP contribution in [0.3, 0.4) is 0 Å². The molecule has 0 amide bonds. The summed E-state index contributed by atoms with van der Waals surface area (Å²) in [5, 5.41) is 7.31. The number of hydrogen-bond donors (Lipinski definition) is 2. The Bertz CT molecular complexity index is 588. The molecule has 5 nitrogen and oxygen atoms in total. The van der Waals surface area contributed by atoms with Gasteiger partial charge in [0.25, 0.3) is 0 Å². The molecule has 0 atom stereocenters. The number of aromatic nitrogens is 3. The molecule has 108 valence electrons. The maximum atomic E-state index is 13.9. The van der Waals surface area contributed by atoms with Gasteiger partial charge >= 0.3 is 0 Å². The fourth-order valence-electron chi connectivity index (χ4n) is 1.79. The molecule has 7 heteroatoms. The first-order valence-electron chi connectivity index (χ1n) is 6.30. The van der Waals surface area contributed by atoms with Crippen molar-refractivity contribution in [2.24, 2.45) is 0 Å². The van der Waals surface area contributed by atoms with Crippen molar-refractivity contribution in [3.05, 3.63) is 35.5 Å². The van der Waals surface area contributed by atoms with Crippen LogP contribution in [-0.2, 0) is 6.54 Å². The van der Waals surface area contributed by atoms with Crippen LogP contribution in [0.15, 0.2) is 18.3 Å². The third-order valence-corrected chi connectivity index (χ3v) is 2.90. The van der Waals surface area contributed by atoms with E-state index in [9.17, 15) is 4.39 Å². The quantitative estimate of drug-likeness (QED) is 0.635. The van der Waals surface area contributed by atoms with Gasteiger partial charge in [0, 0.05) is 17.8 Å². The minimum Gasteiger partial charge on any atom is -0.492 e. The molecular weight excluding hydrogens is 279 g/mol. The number of halogens is 1. The largest absolute Gasteiger partial charge is 0.492 e. The molecule has 0 spiro atoms. The van der Waals surface area contributed by atoms with Gasteiger partial charge in [-0.25, -0.2) is 4.39 Å². The van der Waals surface area contributed by atoms with Gasteiger partial charge in [-0.15, -0.1) is 0 Å². The zero-order chi connectivity index (χ0) is 14.5. The van der Waals surface area contributed by atoms with Crippen LogP contribution in [-0.4, -0.2) is 27.2 Å². The van der Waals surface area contributed by atoms with Gasteiger partial charge in [0.05, 0.1) is 30.9 Å². The topological polar surface area (TPSA) is 52.0 Å². The van der Waals surface area contributed by atoms with Crippen molar-refractivity contribution < 1.29 is 9.13 Å². The summed E-state index contributed by atoms with van der Waals surface area (Å²) in [5.74, 6) is 1.24. The van der Waals surface area contributed by atoms with E-state index in [0.29, 0.717) is 29.7 Å². The molecule has 2 heterocycles. The first-order valence-corrected chi connectivity index (χ1v) is 6.93. The molecule has 0 aliphatic heterocycles. The van der Waals surface area contributed by atoms with Crippen molar-refractivity contribution in [1.29, 1.82) is 0 Å². The molecule has 0 aliphatic carbocycles. The summed E-state index contributed by atoms with van der Waals surface area (Å²) >= 11 is 4.08. The van der Waals surface area contributed by atoms with E-state index in [2.05, 4.69) is 28.0 Å². The normalized spacial score (nSPS) is 10.6. The van der Waals surface area contributed by atoms with Gasteiger partial charge in [0.1, 0.15) is 17.4 Å². The Morgan fingerprint density at radius 2 is 2.25 bits per heavy atom. The third kappa shape index (κ3) is 3.41. The second-order valence-electron chi connectivity index (χ2n) is 4.20. The van der Waals surface area contributed by atoms with Crippen LogP contribution in [0.5, 0.6) is 5.75 Å². The molecule has 0 radical (unpaired) electrons. The Hall–Kier alpha value is -1.76. The summed E-state index contributed by atoms with van der Waals surface area (Å²) in [6.45, 7) is 4.51. The SMILES string of the molecule is CCOc1cnc(Cn2nc(NCS)cc2C)c(F)c1. The molecule has 0 aliphatic rings. The number of pyridine rings is 1. The Morgan fingerprint density at radius 1 is 1.45 bits per heavy atom. The predicted octanol–water partition coefficient (Wildman–Crippen LogP) is 2.47. The number of nitrogens with zero attached hydrogens (tertiary/aromatic N) is 3. The summed E-state index contributed by atoms with van der Waals surface area (Å²) in [7, 11) is 0. The zero-order valence-electron chi connectivity index (χ0n) is 11.4. The highest BCUT2D eigenvalue weighted by Gasteiger charge is 2.10. The maximum absolute atomic E-state index is 13.9. The monoisotopic (exact) mass is 296 g/mol. The van der Waals surface area contributed by atoms with E-state index in [0.717, 1.165) is 5.69 Å². The van der Waals surface area contributed by atoms with E-state index in [4.69, 9.17) is 4.74 Å². The lowest BCUT2D eigenvalue weighted by molar-refractivity contribution is 0.336. The number of nitrogens with one attached hydrogen (secondary N) is 1. The van der Waals surface area contributed by atoms with E-state index >= 15 is 0 Å². The van der Waals surface area contributed by atoms with Gasteiger partial charge in [-0.3, -0.25) is 9.67 Å². The Balaban J connectivity index is 2.17. The second kappa shape index (κ2) is 6.60. The van der Waals surface area contributed by atoms with Crippen LogP contribution < -0.4 is 10.1 Å². The zero-order valence-corrected chi connectivity index (χ0v) is 12.3. The second-order valence-corrected chi connectivity index (χ2v) is 4.51. The summed E-state index contributed by atoms with van der Waals surface area (Å²) < 4.78 is 20.8. The number of ether oxygens (including phenoxy) is 1. The van der Waals surface area contributed by atoms with Crippen molar-refractivity contribution in [3.8, 4) is 5.75 Å². The fraction of sp³-hybridized carbons (Fsp3) is 0.385. The van der Waals surface area contributed by atoms with Crippen LogP contribution in [0.1, 0.15) is 18.3 Å². The fourth-order valence-corrected chi connectivity index (χ4v) is 1.95. The van der Waals surface area contributed by atoms with E-state index in [1.807, 2.05) is 19.9 Å². The van der Waals surface area contributed by atoms with E-state index in [-0.39, 0.29) is 6.54 Å². The lowest BCUT2D eigenvalue weighted by Gasteiger charge is -2.07. The number of rotatable bonds is 6. The van der Waals surface area contributed by atoms with Gasteiger partial charge in [-0.1, -0.05) is 0 Å². The lowest BCUT2D eigenvalue weighted by Crippen LogP contribution is -2.08.